The number of benzene rings is 1. The summed E-state index contributed by atoms with van der Waals surface area (Å²) < 4.78 is 13.6. The quantitative estimate of drug-likeness (QED) is 0.768. The highest BCUT2D eigenvalue weighted by Crippen LogP contribution is 2.18. The number of hydrogen-bond acceptors (Lipinski definition) is 3. The first-order chi connectivity index (χ1) is 9.62. The summed E-state index contributed by atoms with van der Waals surface area (Å²) in [5.41, 5.74) is 0.908. The molecule has 20 heavy (non-hydrogen) atoms. The molecular weight excluding hydrogens is 255 g/mol. The third kappa shape index (κ3) is 4.92. The first kappa shape index (κ1) is 16.6. The smallest absolute Gasteiger partial charge is 0.141 e. The van der Waals surface area contributed by atoms with Gasteiger partial charge in [0.1, 0.15) is 11.9 Å². The van der Waals surface area contributed by atoms with E-state index in [0.29, 0.717) is 5.92 Å². The van der Waals surface area contributed by atoms with Crippen molar-refractivity contribution in [2.75, 3.05) is 13.2 Å². The number of halogens is 1. The molecule has 2 unspecified atom stereocenters. The molecule has 0 spiro atoms. The average Bonchev–Trinajstić information content (AvgIpc) is 2.44. The maximum atomic E-state index is 13.6. The molecule has 0 amide bonds. The Bertz CT molecular complexity index is 450. The third-order valence-electron chi connectivity index (χ3n) is 3.56. The van der Waals surface area contributed by atoms with Crippen molar-refractivity contribution in [1.82, 2.24) is 5.32 Å². The van der Waals surface area contributed by atoms with Crippen LogP contribution < -0.4 is 5.32 Å². The molecule has 4 heteroatoms. The van der Waals surface area contributed by atoms with Crippen molar-refractivity contribution < 1.29 is 9.50 Å². The Hall–Kier alpha value is -1.44. The SMILES string of the molecule is CCCC(CCO)CNC(C)c1ccc(C#N)c(F)c1. The van der Waals surface area contributed by atoms with E-state index in [1.54, 1.807) is 6.07 Å². The summed E-state index contributed by atoms with van der Waals surface area (Å²) >= 11 is 0. The van der Waals surface area contributed by atoms with Crippen molar-refractivity contribution in [1.29, 1.82) is 5.26 Å². The minimum absolute atomic E-state index is 0.0234. The van der Waals surface area contributed by atoms with Crippen LogP contribution in [0.4, 0.5) is 4.39 Å². The van der Waals surface area contributed by atoms with E-state index in [4.69, 9.17) is 10.4 Å². The fourth-order valence-electron chi connectivity index (χ4n) is 2.29. The van der Waals surface area contributed by atoms with E-state index >= 15 is 0 Å². The summed E-state index contributed by atoms with van der Waals surface area (Å²) in [5.74, 6) is -0.0326. The van der Waals surface area contributed by atoms with Gasteiger partial charge in [0, 0.05) is 12.6 Å². The van der Waals surface area contributed by atoms with E-state index in [2.05, 4.69) is 12.2 Å². The van der Waals surface area contributed by atoms with Gasteiger partial charge in [-0.05, 0) is 49.9 Å². The summed E-state index contributed by atoms with van der Waals surface area (Å²) in [6.45, 7) is 5.11. The maximum absolute atomic E-state index is 13.6. The monoisotopic (exact) mass is 278 g/mol. The number of nitrogens with zero attached hydrogens (tertiary/aromatic N) is 1. The molecule has 0 radical (unpaired) electrons. The largest absolute Gasteiger partial charge is 0.396 e. The number of rotatable bonds is 8. The highest BCUT2D eigenvalue weighted by atomic mass is 19.1. The van der Waals surface area contributed by atoms with Gasteiger partial charge in [-0.2, -0.15) is 5.26 Å². The summed E-state index contributed by atoms with van der Waals surface area (Å²) in [7, 11) is 0. The lowest BCUT2D eigenvalue weighted by Crippen LogP contribution is -2.26. The standard InChI is InChI=1S/C16H23FN2O/c1-3-4-13(7-8-20)11-19-12(2)14-5-6-15(10-18)16(17)9-14/h5-6,9,12-13,19-20H,3-4,7-8,11H2,1-2H3. The number of hydrogen-bond donors (Lipinski definition) is 2. The van der Waals surface area contributed by atoms with Crippen molar-refractivity contribution in [2.24, 2.45) is 5.92 Å². The average molecular weight is 278 g/mol. The van der Waals surface area contributed by atoms with Crippen LogP contribution in [0.3, 0.4) is 0 Å². The normalized spacial score (nSPS) is 13.8. The summed E-state index contributed by atoms with van der Waals surface area (Å²) in [6, 6.07) is 6.55. The molecule has 0 aromatic heterocycles. The van der Waals surface area contributed by atoms with Gasteiger partial charge in [-0.25, -0.2) is 4.39 Å². The van der Waals surface area contributed by atoms with Gasteiger partial charge in [-0.15, -0.1) is 0 Å². The lowest BCUT2D eigenvalue weighted by atomic mass is 9.99. The van der Waals surface area contributed by atoms with Crippen LogP contribution in [0.2, 0.25) is 0 Å². The van der Waals surface area contributed by atoms with Crippen molar-refractivity contribution >= 4 is 0 Å². The van der Waals surface area contributed by atoms with Crippen LogP contribution in [0.15, 0.2) is 18.2 Å². The fraction of sp³-hybridized carbons (Fsp3) is 0.562. The summed E-state index contributed by atoms with van der Waals surface area (Å²) in [6.07, 6.45) is 2.95. The zero-order chi connectivity index (χ0) is 15.0. The molecule has 0 bridgehead atoms. The van der Waals surface area contributed by atoms with Crippen LogP contribution in [0.1, 0.15) is 50.3 Å². The van der Waals surface area contributed by atoms with E-state index in [0.717, 1.165) is 31.4 Å². The molecule has 0 heterocycles. The van der Waals surface area contributed by atoms with Gasteiger partial charge < -0.3 is 10.4 Å². The number of nitriles is 1. The van der Waals surface area contributed by atoms with E-state index < -0.39 is 5.82 Å². The van der Waals surface area contributed by atoms with Crippen LogP contribution in [0.25, 0.3) is 0 Å². The molecular formula is C16H23FN2O. The molecule has 0 saturated heterocycles. The summed E-state index contributed by atoms with van der Waals surface area (Å²) in [5, 5.41) is 21.1. The van der Waals surface area contributed by atoms with Crippen LogP contribution in [-0.4, -0.2) is 18.3 Å². The minimum Gasteiger partial charge on any atom is -0.396 e. The zero-order valence-electron chi connectivity index (χ0n) is 12.2. The van der Waals surface area contributed by atoms with Crippen LogP contribution in [0.5, 0.6) is 0 Å². The van der Waals surface area contributed by atoms with Crippen molar-refractivity contribution in [3.63, 3.8) is 0 Å². The first-order valence-corrected chi connectivity index (χ1v) is 7.16. The van der Waals surface area contributed by atoms with Crippen molar-refractivity contribution in [3.05, 3.63) is 35.1 Å². The lowest BCUT2D eigenvalue weighted by molar-refractivity contribution is 0.246. The molecule has 1 rings (SSSR count). The third-order valence-corrected chi connectivity index (χ3v) is 3.56. The van der Waals surface area contributed by atoms with Gasteiger partial charge in [-0.1, -0.05) is 19.4 Å². The van der Waals surface area contributed by atoms with E-state index in [9.17, 15) is 4.39 Å². The second kappa shape index (κ2) is 8.68. The fourth-order valence-corrected chi connectivity index (χ4v) is 2.29. The molecule has 0 aliphatic carbocycles. The predicted octanol–water partition coefficient (Wildman–Crippen LogP) is 3.15. The molecule has 0 aliphatic rings. The molecule has 1 aromatic carbocycles. The van der Waals surface area contributed by atoms with Gasteiger partial charge >= 0.3 is 0 Å². The molecule has 0 aliphatic heterocycles. The molecule has 0 saturated carbocycles. The Kier molecular flexibility index (Phi) is 7.21. The molecule has 110 valence electrons. The highest BCUT2D eigenvalue weighted by molar-refractivity contribution is 5.34. The molecule has 2 N–H and O–H groups in total. The Morgan fingerprint density at radius 3 is 2.70 bits per heavy atom. The van der Waals surface area contributed by atoms with Crippen LogP contribution in [0, 0.1) is 23.1 Å². The topological polar surface area (TPSA) is 56.0 Å². The Morgan fingerprint density at radius 2 is 2.15 bits per heavy atom. The van der Waals surface area contributed by atoms with Gasteiger partial charge in [0.05, 0.1) is 5.56 Å². The van der Waals surface area contributed by atoms with Gasteiger partial charge in [-0.3, -0.25) is 0 Å². The highest BCUT2D eigenvalue weighted by Gasteiger charge is 2.12. The first-order valence-electron chi connectivity index (χ1n) is 7.16. The lowest BCUT2D eigenvalue weighted by Gasteiger charge is -2.20. The zero-order valence-corrected chi connectivity index (χ0v) is 12.2. The molecule has 2 atom stereocenters. The van der Waals surface area contributed by atoms with Crippen LogP contribution in [-0.2, 0) is 0 Å². The second-order valence-electron chi connectivity index (χ2n) is 5.15. The number of nitrogens with one attached hydrogen (secondary N) is 1. The van der Waals surface area contributed by atoms with Gasteiger partial charge in [0.25, 0.3) is 0 Å². The Morgan fingerprint density at radius 1 is 1.40 bits per heavy atom. The minimum atomic E-state index is -0.473. The second-order valence-corrected chi connectivity index (χ2v) is 5.15. The number of aliphatic hydroxyl groups excluding tert-OH is 1. The van der Waals surface area contributed by atoms with Crippen molar-refractivity contribution in [3.8, 4) is 6.07 Å². The van der Waals surface area contributed by atoms with Gasteiger partial charge in [0.2, 0.25) is 0 Å². The predicted molar refractivity (Wildman–Crippen MR) is 77.6 cm³/mol. The molecule has 1 aromatic rings. The maximum Gasteiger partial charge on any atom is 0.141 e. The van der Waals surface area contributed by atoms with Crippen LogP contribution >= 0.6 is 0 Å². The van der Waals surface area contributed by atoms with E-state index in [1.165, 1.54) is 12.1 Å². The summed E-state index contributed by atoms with van der Waals surface area (Å²) in [4.78, 5) is 0. The Labute approximate surface area is 120 Å². The van der Waals surface area contributed by atoms with E-state index in [1.807, 2.05) is 13.0 Å². The number of aliphatic hydroxyl groups is 1. The Balaban J connectivity index is 2.59. The molecule has 0 fully saturated rings. The molecule has 3 nitrogen and oxygen atoms in total. The van der Waals surface area contributed by atoms with Gasteiger partial charge in [0.15, 0.2) is 0 Å². The van der Waals surface area contributed by atoms with E-state index in [-0.39, 0.29) is 18.2 Å². The van der Waals surface area contributed by atoms with Crippen molar-refractivity contribution in [2.45, 2.75) is 39.2 Å².